The van der Waals surface area contributed by atoms with Gasteiger partial charge in [0.2, 0.25) is 11.8 Å². The maximum absolute atomic E-state index is 14.2. The first kappa shape index (κ1) is 21.2. The van der Waals surface area contributed by atoms with Gasteiger partial charge in [0.05, 0.1) is 12.2 Å². The number of anilines is 1. The van der Waals surface area contributed by atoms with Gasteiger partial charge in [-0.3, -0.25) is 9.59 Å². The fourth-order valence-corrected chi connectivity index (χ4v) is 5.00. The van der Waals surface area contributed by atoms with Gasteiger partial charge in [-0.15, -0.1) is 0 Å². The molecule has 164 valence electrons. The Morgan fingerprint density at radius 1 is 1.26 bits per heavy atom. The average Bonchev–Trinajstić information content (AvgIpc) is 2.95. The van der Waals surface area contributed by atoms with Crippen LogP contribution >= 0.6 is 0 Å². The summed E-state index contributed by atoms with van der Waals surface area (Å²) < 4.78 is 11.1. The Kier molecular flexibility index (Phi) is 5.37. The summed E-state index contributed by atoms with van der Waals surface area (Å²) in [4.78, 5) is 42.4. The highest BCUT2D eigenvalue weighted by Gasteiger charge is 2.63. The molecule has 0 radical (unpaired) electrons. The van der Waals surface area contributed by atoms with Crippen molar-refractivity contribution in [1.82, 2.24) is 0 Å². The van der Waals surface area contributed by atoms with Crippen molar-refractivity contribution in [2.75, 3.05) is 18.1 Å². The summed E-state index contributed by atoms with van der Waals surface area (Å²) in [6, 6.07) is 7.30. The number of allylic oxidation sites excluding steroid dienone is 1. The molecule has 0 saturated heterocycles. The third kappa shape index (κ3) is 2.98. The molecule has 2 atom stereocenters. The molecule has 2 unspecified atom stereocenters. The molecule has 0 aromatic heterocycles. The highest BCUT2D eigenvalue weighted by atomic mass is 16.5. The van der Waals surface area contributed by atoms with E-state index in [-0.39, 0.29) is 47.7 Å². The molecule has 0 bridgehead atoms. The van der Waals surface area contributed by atoms with Crippen LogP contribution in [0.4, 0.5) is 5.69 Å². The van der Waals surface area contributed by atoms with Crippen LogP contribution in [0.3, 0.4) is 0 Å². The predicted molar refractivity (Wildman–Crippen MR) is 115 cm³/mol. The second-order valence-electron chi connectivity index (χ2n) is 8.37. The van der Waals surface area contributed by atoms with E-state index in [1.165, 1.54) is 0 Å². The Labute approximate surface area is 181 Å². The molecule has 1 aromatic rings. The highest BCUT2D eigenvalue weighted by Crippen LogP contribution is 2.56. The standard InChI is InChI=1S/C24H28N2O5/c1-4-6-11-26-16-10-8-7-9-15(16)24(23(26)29)19-17(27)12-14(3)13-18(19)31-21(25)20(24)22(28)30-5-2/h7-10,14H,4-6,11-13,25H2,1-3H3. The summed E-state index contributed by atoms with van der Waals surface area (Å²) in [5.41, 5.74) is 6.05. The molecule has 2 heterocycles. The number of rotatable bonds is 5. The number of Topliss-reactive ketones (excluding diaryl/α,β-unsaturated/α-hetero) is 1. The first-order valence-electron chi connectivity index (χ1n) is 10.9. The summed E-state index contributed by atoms with van der Waals surface area (Å²) in [6.07, 6.45) is 2.45. The van der Waals surface area contributed by atoms with Crippen molar-refractivity contribution in [3.8, 4) is 0 Å². The fourth-order valence-electron chi connectivity index (χ4n) is 5.00. The molecule has 2 N–H and O–H groups in total. The van der Waals surface area contributed by atoms with E-state index in [1.807, 2.05) is 32.0 Å². The smallest absolute Gasteiger partial charge is 0.341 e. The topological polar surface area (TPSA) is 98.9 Å². The number of ketones is 1. The third-order valence-electron chi connectivity index (χ3n) is 6.23. The van der Waals surface area contributed by atoms with Gasteiger partial charge < -0.3 is 20.1 Å². The van der Waals surface area contributed by atoms with E-state index in [0.29, 0.717) is 30.0 Å². The lowest BCUT2D eigenvalue weighted by Gasteiger charge is -2.40. The van der Waals surface area contributed by atoms with Gasteiger partial charge in [-0.05, 0) is 25.3 Å². The zero-order valence-electron chi connectivity index (χ0n) is 18.2. The quantitative estimate of drug-likeness (QED) is 0.730. The molecule has 0 fully saturated rings. The number of esters is 1. The first-order chi connectivity index (χ1) is 14.9. The molecule has 31 heavy (non-hydrogen) atoms. The van der Waals surface area contributed by atoms with E-state index in [9.17, 15) is 14.4 Å². The summed E-state index contributed by atoms with van der Waals surface area (Å²) in [5.74, 6) is -0.994. The monoisotopic (exact) mass is 424 g/mol. The van der Waals surface area contributed by atoms with Crippen LogP contribution < -0.4 is 10.6 Å². The van der Waals surface area contributed by atoms with Gasteiger partial charge in [0.25, 0.3) is 0 Å². The Bertz CT molecular complexity index is 1020. The van der Waals surface area contributed by atoms with Gasteiger partial charge in [0, 0.05) is 30.6 Å². The molecule has 0 saturated carbocycles. The molecule has 4 rings (SSSR count). The van der Waals surface area contributed by atoms with Crippen molar-refractivity contribution < 1.29 is 23.9 Å². The van der Waals surface area contributed by atoms with Crippen LogP contribution in [0.2, 0.25) is 0 Å². The number of unbranched alkanes of at least 4 members (excludes halogenated alkanes) is 1. The van der Waals surface area contributed by atoms with Gasteiger partial charge in [0.1, 0.15) is 16.7 Å². The van der Waals surface area contributed by atoms with Crippen molar-refractivity contribution in [1.29, 1.82) is 0 Å². The molecule has 1 amide bonds. The highest BCUT2D eigenvalue weighted by molar-refractivity contribution is 6.23. The van der Waals surface area contributed by atoms with E-state index in [2.05, 4.69) is 0 Å². The average molecular weight is 424 g/mol. The molecule has 7 heteroatoms. The van der Waals surface area contributed by atoms with Crippen LogP contribution in [0.5, 0.6) is 0 Å². The summed E-state index contributed by atoms with van der Waals surface area (Å²) >= 11 is 0. The number of benzene rings is 1. The number of nitrogens with two attached hydrogens (primary N) is 1. The predicted octanol–water partition coefficient (Wildman–Crippen LogP) is 3.09. The Balaban J connectivity index is 2.04. The van der Waals surface area contributed by atoms with Gasteiger partial charge >= 0.3 is 5.97 Å². The number of amides is 1. The van der Waals surface area contributed by atoms with Gasteiger partial charge in [-0.2, -0.15) is 0 Å². The molecule has 1 aliphatic carbocycles. The normalized spacial score (nSPS) is 25.0. The maximum Gasteiger partial charge on any atom is 0.341 e. The Morgan fingerprint density at radius 3 is 2.71 bits per heavy atom. The number of carbonyl (C=O) groups excluding carboxylic acids is 3. The van der Waals surface area contributed by atoms with E-state index in [1.54, 1.807) is 17.9 Å². The number of hydrogen-bond donors (Lipinski definition) is 1. The SMILES string of the molecule is CCCCN1C(=O)C2(C(C(=O)OCC)=C(N)OC3=C2C(=O)CC(C)C3)c2ccccc21. The lowest BCUT2D eigenvalue weighted by Crippen LogP contribution is -2.51. The number of carbonyl (C=O) groups is 3. The van der Waals surface area contributed by atoms with Crippen LogP contribution in [0.15, 0.2) is 47.1 Å². The number of hydrogen-bond acceptors (Lipinski definition) is 6. The van der Waals surface area contributed by atoms with Gasteiger partial charge in [-0.1, -0.05) is 38.5 Å². The molecule has 2 aliphatic heterocycles. The minimum Gasteiger partial charge on any atom is -0.462 e. The molecular weight excluding hydrogens is 396 g/mol. The lowest BCUT2D eigenvalue weighted by atomic mass is 9.64. The molecule has 3 aliphatic rings. The lowest BCUT2D eigenvalue weighted by molar-refractivity contribution is -0.141. The van der Waals surface area contributed by atoms with Crippen molar-refractivity contribution in [2.45, 2.75) is 51.9 Å². The minimum atomic E-state index is -1.63. The largest absolute Gasteiger partial charge is 0.462 e. The van der Waals surface area contributed by atoms with Crippen LogP contribution in [0.25, 0.3) is 0 Å². The van der Waals surface area contributed by atoms with E-state index >= 15 is 0 Å². The second kappa shape index (κ2) is 7.87. The van der Waals surface area contributed by atoms with Crippen LogP contribution in [0.1, 0.15) is 52.0 Å². The zero-order chi connectivity index (χ0) is 22.3. The van der Waals surface area contributed by atoms with Crippen LogP contribution in [0, 0.1) is 5.92 Å². The van der Waals surface area contributed by atoms with Crippen LogP contribution in [-0.4, -0.2) is 30.8 Å². The summed E-state index contributed by atoms with van der Waals surface area (Å²) in [7, 11) is 0. The number of para-hydroxylation sites is 1. The number of ether oxygens (including phenoxy) is 2. The number of nitrogens with zero attached hydrogens (tertiary/aromatic N) is 1. The molecule has 1 aromatic carbocycles. The van der Waals surface area contributed by atoms with Crippen molar-refractivity contribution in [3.05, 3.63) is 52.6 Å². The third-order valence-corrected chi connectivity index (χ3v) is 6.23. The van der Waals surface area contributed by atoms with Gasteiger partial charge in [0.15, 0.2) is 5.78 Å². The molecule has 1 spiro atoms. The first-order valence-corrected chi connectivity index (χ1v) is 10.9. The second-order valence-corrected chi connectivity index (χ2v) is 8.37. The zero-order valence-corrected chi connectivity index (χ0v) is 18.2. The van der Waals surface area contributed by atoms with Crippen LogP contribution in [-0.2, 0) is 29.3 Å². The molecule has 7 nitrogen and oxygen atoms in total. The Morgan fingerprint density at radius 2 is 2.00 bits per heavy atom. The van der Waals surface area contributed by atoms with Crippen molar-refractivity contribution in [3.63, 3.8) is 0 Å². The summed E-state index contributed by atoms with van der Waals surface area (Å²) in [6.45, 7) is 6.28. The Hall–Kier alpha value is -3.09. The van der Waals surface area contributed by atoms with Crippen molar-refractivity contribution in [2.24, 2.45) is 11.7 Å². The fraction of sp³-hybridized carbons (Fsp3) is 0.458. The van der Waals surface area contributed by atoms with E-state index in [4.69, 9.17) is 15.2 Å². The molecular formula is C24H28N2O5. The maximum atomic E-state index is 14.2. The number of fused-ring (bicyclic) bond motifs is 3. The van der Waals surface area contributed by atoms with E-state index < -0.39 is 11.4 Å². The minimum absolute atomic E-state index is 0.0585. The van der Waals surface area contributed by atoms with Gasteiger partial charge in [-0.25, -0.2) is 4.79 Å². The van der Waals surface area contributed by atoms with E-state index in [0.717, 1.165) is 12.8 Å². The van der Waals surface area contributed by atoms with Crippen molar-refractivity contribution >= 4 is 23.3 Å². The summed E-state index contributed by atoms with van der Waals surface area (Å²) in [5, 5.41) is 0.